The lowest BCUT2D eigenvalue weighted by Gasteiger charge is -2.31. The second-order valence-electron chi connectivity index (χ2n) is 7.09. The second kappa shape index (κ2) is 10.7. The Hall–Kier alpha value is -2.72. The molecule has 0 aliphatic heterocycles. The van der Waals surface area contributed by atoms with Crippen molar-refractivity contribution < 1.29 is 26.8 Å². The molecule has 0 aliphatic carbocycles. The van der Waals surface area contributed by atoms with E-state index in [2.05, 4.69) is 5.32 Å². The number of hydrogen-bond acceptors (Lipinski definition) is 4. The molecule has 1 atom stereocenters. The van der Waals surface area contributed by atoms with Gasteiger partial charge >= 0.3 is 0 Å². The summed E-state index contributed by atoms with van der Waals surface area (Å²) < 4.78 is 52.4. The second-order valence-corrected chi connectivity index (χ2v) is 9.43. The first kappa shape index (κ1) is 25.5. The third-order valence-corrected chi connectivity index (χ3v) is 6.05. The van der Waals surface area contributed by atoms with Crippen molar-refractivity contribution in [1.29, 1.82) is 0 Å². The van der Waals surface area contributed by atoms with Gasteiger partial charge in [0.25, 0.3) is 0 Å². The van der Waals surface area contributed by atoms with Crippen molar-refractivity contribution >= 4 is 39.1 Å². The van der Waals surface area contributed by atoms with Crippen LogP contribution < -0.4 is 9.62 Å². The van der Waals surface area contributed by atoms with Crippen LogP contribution in [0.15, 0.2) is 42.5 Å². The molecule has 0 bridgehead atoms. The molecular weight excluding hydrogens is 464 g/mol. The predicted octanol–water partition coefficient (Wildman–Crippen LogP) is 2.94. The molecule has 0 aliphatic rings. The number of sulfonamides is 1. The van der Waals surface area contributed by atoms with Crippen LogP contribution in [0.25, 0.3) is 0 Å². The highest BCUT2D eigenvalue weighted by molar-refractivity contribution is 7.92. The SMILES string of the molecule is CCNC(=O)[C@H](C)N(Cc1ccc(Cl)cc1)C(=O)CN(c1ccc(F)c(F)c1)S(C)(=O)=O. The van der Waals surface area contributed by atoms with Gasteiger partial charge in [-0.05, 0) is 43.7 Å². The van der Waals surface area contributed by atoms with E-state index in [1.807, 2.05) is 0 Å². The highest BCUT2D eigenvalue weighted by Gasteiger charge is 2.30. The van der Waals surface area contributed by atoms with E-state index >= 15 is 0 Å². The lowest BCUT2D eigenvalue weighted by atomic mass is 10.1. The monoisotopic (exact) mass is 487 g/mol. The average molecular weight is 488 g/mol. The molecule has 0 unspecified atom stereocenters. The van der Waals surface area contributed by atoms with Gasteiger partial charge < -0.3 is 10.2 Å². The van der Waals surface area contributed by atoms with E-state index < -0.39 is 46.1 Å². The fourth-order valence-corrected chi connectivity index (χ4v) is 3.91. The minimum atomic E-state index is -4.03. The summed E-state index contributed by atoms with van der Waals surface area (Å²) in [6.07, 6.45) is 0.846. The Kier molecular flexibility index (Phi) is 8.57. The molecule has 2 rings (SSSR count). The van der Waals surface area contributed by atoms with Crippen molar-refractivity contribution in [2.24, 2.45) is 0 Å². The van der Waals surface area contributed by atoms with Crippen LogP contribution in [0.2, 0.25) is 5.02 Å². The molecule has 0 heterocycles. The molecule has 2 aromatic rings. The Morgan fingerprint density at radius 2 is 1.72 bits per heavy atom. The number of nitrogens with zero attached hydrogens (tertiary/aromatic N) is 2. The minimum Gasteiger partial charge on any atom is -0.355 e. The number of carbonyl (C=O) groups is 2. The highest BCUT2D eigenvalue weighted by atomic mass is 35.5. The number of hydrogen-bond donors (Lipinski definition) is 1. The van der Waals surface area contributed by atoms with E-state index in [0.717, 1.165) is 18.4 Å². The van der Waals surface area contributed by atoms with E-state index in [9.17, 15) is 26.8 Å². The standard InChI is InChI=1S/C21H24ClF2N3O4S/c1-4-25-21(29)14(2)26(12-15-5-7-16(22)8-6-15)20(28)13-27(32(3,30)31)17-9-10-18(23)19(24)11-17/h5-11,14H,4,12-13H2,1-3H3,(H,25,29)/t14-/m0/s1. The van der Waals surface area contributed by atoms with E-state index in [4.69, 9.17) is 11.6 Å². The molecule has 0 fully saturated rings. The first-order chi connectivity index (χ1) is 14.9. The maximum Gasteiger partial charge on any atom is 0.244 e. The Balaban J connectivity index is 2.39. The van der Waals surface area contributed by atoms with Crippen LogP contribution in [-0.2, 0) is 26.2 Å². The normalized spacial score (nSPS) is 12.2. The van der Waals surface area contributed by atoms with Gasteiger partial charge in [-0.2, -0.15) is 0 Å². The number of halogens is 3. The fourth-order valence-electron chi connectivity index (χ4n) is 2.94. The van der Waals surface area contributed by atoms with Crippen LogP contribution in [0, 0.1) is 11.6 Å². The third kappa shape index (κ3) is 6.64. The Morgan fingerprint density at radius 1 is 1.09 bits per heavy atom. The van der Waals surface area contributed by atoms with Gasteiger partial charge in [0.05, 0.1) is 11.9 Å². The maximum absolute atomic E-state index is 13.7. The molecule has 2 aromatic carbocycles. The molecule has 0 aromatic heterocycles. The molecule has 0 spiro atoms. The summed E-state index contributed by atoms with van der Waals surface area (Å²) in [5, 5.41) is 3.12. The topological polar surface area (TPSA) is 86.8 Å². The van der Waals surface area contributed by atoms with E-state index in [-0.39, 0.29) is 12.2 Å². The van der Waals surface area contributed by atoms with Gasteiger partial charge in [-0.25, -0.2) is 17.2 Å². The summed E-state index contributed by atoms with van der Waals surface area (Å²) in [6, 6.07) is 8.21. The first-order valence-corrected chi connectivity index (χ1v) is 11.9. The summed E-state index contributed by atoms with van der Waals surface area (Å²) in [5.41, 5.74) is 0.453. The predicted molar refractivity (Wildman–Crippen MR) is 119 cm³/mol. The van der Waals surface area contributed by atoms with Gasteiger partial charge in [0.1, 0.15) is 12.6 Å². The smallest absolute Gasteiger partial charge is 0.244 e. The van der Waals surface area contributed by atoms with Crippen LogP contribution in [0.4, 0.5) is 14.5 Å². The van der Waals surface area contributed by atoms with Gasteiger partial charge in [-0.1, -0.05) is 23.7 Å². The van der Waals surface area contributed by atoms with Crippen molar-refractivity contribution in [1.82, 2.24) is 10.2 Å². The lowest BCUT2D eigenvalue weighted by molar-refractivity contribution is -0.139. The van der Waals surface area contributed by atoms with E-state index in [0.29, 0.717) is 27.5 Å². The molecule has 174 valence electrons. The summed E-state index contributed by atoms with van der Waals surface area (Å²) in [6.45, 7) is 2.88. The number of rotatable bonds is 9. The zero-order chi connectivity index (χ0) is 24.1. The lowest BCUT2D eigenvalue weighted by Crippen LogP contribution is -2.51. The van der Waals surface area contributed by atoms with Crippen LogP contribution in [0.3, 0.4) is 0 Å². The van der Waals surface area contributed by atoms with Crippen LogP contribution >= 0.6 is 11.6 Å². The Bertz CT molecular complexity index is 1080. The van der Waals surface area contributed by atoms with Gasteiger partial charge in [-0.3, -0.25) is 13.9 Å². The van der Waals surface area contributed by atoms with Crippen LogP contribution in [0.1, 0.15) is 19.4 Å². The van der Waals surface area contributed by atoms with Crippen molar-refractivity contribution in [2.45, 2.75) is 26.4 Å². The van der Waals surface area contributed by atoms with E-state index in [1.54, 1.807) is 31.2 Å². The molecule has 0 radical (unpaired) electrons. The summed E-state index contributed by atoms with van der Waals surface area (Å²) in [5.74, 6) is -3.53. The summed E-state index contributed by atoms with van der Waals surface area (Å²) in [4.78, 5) is 26.8. The van der Waals surface area contributed by atoms with Gasteiger partial charge in [0.15, 0.2) is 11.6 Å². The maximum atomic E-state index is 13.7. The number of benzene rings is 2. The molecule has 0 saturated heterocycles. The molecule has 7 nitrogen and oxygen atoms in total. The number of anilines is 1. The zero-order valence-electron chi connectivity index (χ0n) is 17.8. The Morgan fingerprint density at radius 3 is 2.25 bits per heavy atom. The van der Waals surface area contributed by atoms with E-state index in [1.165, 1.54) is 11.8 Å². The third-order valence-electron chi connectivity index (χ3n) is 4.65. The number of carbonyl (C=O) groups excluding carboxylic acids is 2. The van der Waals surface area contributed by atoms with Gasteiger partial charge in [-0.15, -0.1) is 0 Å². The number of likely N-dealkylation sites (N-methyl/N-ethyl adjacent to an activating group) is 1. The summed E-state index contributed by atoms with van der Waals surface area (Å²) >= 11 is 5.90. The minimum absolute atomic E-state index is 0.00365. The molecule has 0 saturated carbocycles. The Labute approximate surface area is 191 Å². The number of amides is 2. The molecule has 11 heteroatoms. The van der Waals surface area contributed by atoms with Crippen LogP contribution in [-0.4, -0.2) is 50.5 Å². The summed E-state index contributed by atoms with van der Waals surface area (Å²) in [7, 11) is -4.03. The van der Waals surface area contributed by atoms with Crippen molar-refractivity contribution in [3.05, 3.63) is 64.7 Å². The van der Waals surface area contributed by atoms with Crippen molar-refractivity contribution in [2.75, 3.05) is 23.7 Å². The quantitative estimate of drug-likeness (QED) is 0.589. The van der Waals surface area contributed by atoms with Gasteiger partial charge in [0.2, 0.25) is 21.8 Å². The molecular formula is C21H24ClF2N3O4S. The first-order valence-electron chi connectivity index (χ1n) is 9.68. The zero-order valence-corrected chi connectivity index (χ0v) is 19.4. The van der Waals surface area contributed by atoms with Crippen LogP contribution in [0.5, 0.6) is 0 Å². The van der Waals surface area contributed by atoms with Gasteiger partial charge in [0, 0.05) is 24.2 Å². The fraction of sp³-hybridized carbons (Fsp3) is 0.333. The molecule has 1 N–H and O–H groups in total. The molecule has 32 heavy (non-hydrogen) atoms. The van der Waals surface area contributed by atoms with Crippen molar-refractivity contribution in [3.8, 4) is 0 Å². The largest absolute Gasteiger partial charge is 0.355 e. The average Bonchev–Trinajstić information content (AvgIpc) is 2.72. The number of nitrogens with one attached hydrogen (secondary N) is 1. The highest BCUT2D eigenvalue weighted by Crippen LogP contribution is 2.22. The van der Waals surface area contributed by atoms with Crippen molar-refractivity contribution in [3.63, 3.8) is 0 Å². The molecule has 2 amide bonds.